The third-order valence-electron chi connectivity index (χ3n) is 8.22. The summed E-state index contributed by atoms with van der Waals surface area (Å²) in [4.78, 5) is 33.8. The Morgan fingerprint density at radius 1 is 0.891 bits per heavy atom. The van der Waals surface area contributed by atoms with Crippen LogP contribution in [0, 0.1) is 0 Å². The molecule has 1 aromatic heterocycles. The summed E-state index contributed by atoms with van der Waals surface area (Å²) < 4.78 is 16.4. The Morgan fingerprint density at radius 3 is 2.24 bits per heavy atom. The van der Waals surface area contributed by atoms with Crippen molar-refractivity contribution in [2.45, 2.75) is 13.0 Å². The third-order valence-corrected chi connectivity index (χ3v) is 8.46. The van der Waals surface area contributed by atoms with E-state index in [1.807, 2.05) is 24.3 Å². The predicted molar refractivity (Wildman–Crippen MR) is 179 cm³/mol. The molecule has 11 nitrogen and oxygen atoms in total. The maximum Gasteiger partial charge on any atom is 0.278 e. The number of hydrogen-bond acceptors (Lipinski definition) is 10. The van der Waals surface area contributed by atoms with Crippen LogP contribution in [0.25, 0.3) is 0 Å². The lowest BCUT2D eigenvalue weighted by atomic mass is 10.1. The summed E-state index contributed by atoms with van der Waals surface area (Å²) in [6.07, 6.45) is 2.04. The van der Waals surface area contributed by atoms with Gasteiger partial charge in [-0.25, -0.2) is 9.98 Å². The van der Waals surface area contributed by atoms with E-state index in [-0.39, 0.29) is 23.4 Å². The normalized spacial score (nSPS) is 16.1. The molecular weight excluding hydrogens is 606 g/mol. The summed E-state index contributed by atoms with van der Waals surface area (Å²) in [6, 6.07) is 19.6. The first-order valence-corrected chi connectivity index (χ1v) is 15.3. The Balaban J connectivity index is 1.18. The van der Waals surface area contributed by atoms with Crippen molar-refractivity contribution < 1.29 is 19.0 Å². The molecule has 3 heterocycles. The Morgan fingerprint density at radius 2 is 1.59 bits per heavy atom. The molecule has 3 aromatic carbocycles. The molecule has 0 radical (unpaired) electrons. The van der Waals surface area contributed by atoms with Crippen LogP contribution in [0.15, 0.2) is 71.9 Å². The maximum atomic E-state index is 13.8. The number of nitrogens with two attached hydrogens (primary N) is 1. The molecule has 1 fully saturated rings. The van der Waals surface area contributed by atoms with Gasteiger partial charge in [0.15, 0.2) is 11.5 Å². The number of amides is 1. The van der Waals surface area contributed by atoms with Gasteiger partial charge in [-0.3, -0.25) is 19.5 Å². The van der Waals surface area contributed by atoms with Gasteiger partial charge in [-0.1, -0.05) is 41.9 Å². The Kier molecular flexibility index (Phi) is 9.34. The van der Waals surface area contributed by atoms with Crippen LogP contribution in [0.3, 0.4) is 0 Å². The topological polar surface area (TPSA) is 119 Å². The summed E-state index contributed by atoms with van der Waals surface area (Å²) in [5.74, 6) is 1.70. The number of ether oxygens (including phenoxy) is 3. The lowest BCUT2D eigenvalue weighted by Crippen LogP contribution is -2.50. The zero-order chi connectivity index (χ0) is 32.2. The second kappa shape index (κ2) is 13.7. The fraction of sp³-hybridized carbons (Fsp3) is 0.294. The van der Waals surface area contributed by atoms with Gasteiger partial charge < -0.3 is 19.9 Å². The van der Waals surface area contributed by atoms with Gasteiger partial charge in [0, 0.05) is 61.5 Å². The number of nitrogen functional groups attached to an aromatic ring is 1. The molecule has 0 aliphatic carbocycles. The number of carbonyl (C=O) groups excluding carboxylic acids is 1. The van der Waals surface area contributed by atoms with Crippen molar-refractivity contribution in [3.8, 4) is 17.2 Å². The molecule has 0 spiro atoms. The smallest absolute Gasteiger partial charge is 0.278 e. The second-order valence-electron chi connectivity index (χ2n) is 11.2. The van der Waals surface area contributed by atoms with E-state index < -0.39 is 0 Å². The number of methoxy groups -OCH3 is 3. The van der Waals surface area contributed by atoms with E-state index in [9.17, 15) is 4.79 Å². The Bertz CT molecular complexity index is 1740. The molecule has 4 aromatic rings. The number of aliphatic imine (C=N–C) groups is 1. The molecule has 2 N–H and O–H groups in total. The minimum absolute atomic E-state index is 0.0943. The van der Waals surface area contributed by atoms with E-state index in [2.05, 4.69) is 49.0 Å². The quantitative estimate of drug-likeness (QED) is 0.266. The molecule has 46 heavy (non-hydrogen) atoms. The summed E-state index contributed by atoms with van der Waals surface area (Å²) in [5.41, 5.74) is 10.9. The van der Waals surface area contributed by atoms with E-state index in [1.54, 1.807) is 44.6 Å². The number of piperazine rings is 1. The molecule has 1 amide bonds. The molecule has 2 aliphatic heterocycles. The number of halogens is 1. The first-order valence-electron chi connectivity index (χ1n) is 15.0. The van der Waals surface area contributed by atoms with Crippen molar-refractivity contribution in [1.29, 1.82) is 0 Å². The first-order chi connectivity index (χ1) is 22.4. The Hall–Kier alpha value is -4.71. The monoisotopic (exact) mass is 641 g/mol. The first kappa shape index (κ1) is 31.3. The second-order valence-corrected chi connectivity index (χ2v) is 11.6. The molecular formula is C34H36ClN7O4. The average Bonchev–Trinajstić information content (AvgIpc) is 3.31. The van der Waals surface area contributed by atoms with Crippen LogP contribution < -0.4 is 24.8 Å². The van der Waals surface area contributed by atoms with Crippen LogP contribution >= 0.6 is 11.6 Å². The average molecular weight is 642 g/mol. The van der Waals surface area contributed by atoms with Gasteiger partial charge >= 0.3 is 0 Å². The van der Waals surface area contributed by atoms with Crippen molar-refractivity contribution in [2.75, 3.05) is 64.8 Å². The van der Waals surface area contributed by atoms with Gasteiger partial charge in [-0.05, 0) is 41.5 Å². The van der Waals surface area contributed by atoms with Crippen LogP contribution in [-0.2, 0) is 17.8 Å². The van der Waals surface area contributed by atoms with Crippen LogP contribution in [0.4, 0.5) is 17.5 Å². The zero-order valence-electron chi connectivity index (χ0n) is 26.1. The fourth-order valence-electron chi connectivity index (χ4n) is 5.82. The summed E-state index contributed by atoms with van der Waals surface area (Å²) in [5, 5.41) is 0.511. The highest BCUT2D eigenvalue weighted by atomic mass is 35.5. The summed E-state index contributed by atoms with van der Waals surface area (Å²) in [7, 11) is 4.69. The summed E-state index contributed by atoms with van der Waals surface area (Å²) in [6.45, 7) is 4.89. The number of carbonyl (C=O) groups is 1. The van der Waals surface area contributed by atoms with Crippen molar-refractivity contribution in [3.63, 3.8) is 0 Å². The van der Waals surface area contributed by atoms with Gasteiger partial charge in [0.2, 0.25) is 5.75 Å². The molecule has 0 unspecified atom stereocenters. The highest BCUT2D eigenvalue weighted by Gasteiger charge is 2.36. The predicted octanol–water partition coefficient (Wildman–Crippen LogP) is 4.57. The number of nitrogens with zero attached hydrogens (tertiary/aromatic N) is 6. The van der Waals surface area contributed by atoms with Crippen molar-refractivity contribution in [3.05, 3.63) is 94.1 Å². The largest absolute Gasteiger partial charge is 0.493 e. The van der Waals surface area contributed by atoms with E-state index in [1.165, 1.54) is 5.56 Å². The highest BCUT2D eigenvalue weighted by molar-refractivity contribution is 6.55. The number of hydrogen-bond donors (Lipinski definition) is 1. The minimum atomic E-state index is -0.229. The minimum Gasteiger partial charge on any atom is -0.493 e. The van der Waals surface area contributed by atoms with Gasteiger partial charge in [0.05, 0.1) is 33.7 Å². The van der Waals surface area contributed by atoms with E-state index in [4.69, 9.17) is 31.5 Å². The SMILES string of the molecule is COc1cc(Cc2cnc(/N=C3\C(=O)N(CN4CCN(Cc5ccccc5)CC4)c4ccc(Cl)cc43)nc2N)cc(OC)c1OC. The number of fused-ring (bicyclic) bond motifs is 1. The highest BCUT2D eigenvalue weighted by Crippen LogP contribution is 2.39. The molecule has 0 bridgehead atoms. The Labute approximate surface area is 273 Å². The van der Waals surface area contributed by atoms with E-state index >= 15 is 0 Å². The number of benzene rings is 3. The van der Waals surface area contributed by atoms with Crippen LogP contribution in [0.5, 0.6) is 17.2 Å². The molecule has 6 rings (SSSR count). The van der Waals surface area contributed by atoms with Crippen LogP contribution in [0.2, 0.25) is 5.02 Å². The lowest BCUT2D eigenvalue weighted by molar-refractivity contribution is -0.112. The van der Waals surface area contributed by atoms with Gasteiger partial charge in [-0.15, -0.1) is 0 Å². The summed E-state index contributed by atoms with van der Waals surface area (Å²) >= 11 is 6.37. The molecule has 2 aliphatic rings. The number of rotatable bonds is 10. The molecule has 0 saturated carbocycles. The van der Waals surface area contributed by atoms with Crippen molar-refractivity contribution >= 4 is 40.7 Å². The maximum absolute atomic E-state index is 13.8. The van der Waals surface area contributed by atoms with Crippen LogP contribution in [-0.4, -0.2) is 85.6 Å². The van der Waals surface area contributed by atoms with Crippen LogP contribution in [0.1, 0.15) is 22.3 Å². The molecule has 12 heteroatoms. The molecule has 0 atom stereocenters. The van der Waals surface area contributed by atoms with Gasteiger partial charge in [0.25, 0.3) is 11.9 Å². The molecule has 1 saturated heterocycles. The standard InChI is InChI=1S/C34H36ClN7O4/c1-44-28-16-23(17-29(45-2)31(28)46-3)15-24-19-37-34(39-32(24)36)38-30-26-18-25(35)9-10-27(26)42(33(30)43)21-41-13-11-40(12-14-41)20-22-7-5-4-6-8-22/h4-10,16-19H,11-15,20-21H2,1-3H3,(H2,36,37,39)/b38-30-. The van der Waals surface area contributed by atoms with Crippen molar-refractivity contribution in [1.82, 2.24) is 19.8 Å². The fourth-order valence-corrected chi connectivity index (χ4v) is 5.99. The zero-order valence-corrected chi connectivity index (χ0v) is 26.8. The van der Waals surface area contributed by atoms with E-state index in [0.717, 1.165) is 44.0 Å². The molecule has 238 valence electrons. The van der Waals surface area contributed by atoms with Crippen molar-refractivity contribution in [2.24, 2.45) is 4.99 Å². The van der Waals surface area contributed by atoms with E-state index in [0.29, 0.717) is 46.5 Å². The third kappa shape index (κ3) is 6.62. The lowest BCUT2D eigenvalue weighted by Gasteiger charge is -2.36. The number of anilines is 2. The van der Waals surface area contributed by atoms with Gasteiger partial charge in [0.1, 0.15) is 11.5 Å². The van der Waals surface area contributed by atoms with Gasteiger partial charge in [-0.2, -0.15) is 4.98 Å². The number of aromatic nitrogens is 2.